The van der Waals surface area contributed by atoms with Crippen molar-refractivity contribution in [3.8, 4) is 5.75 Å². The monoisotopic (exact) mass is 464 g/mol. The molecule has 166 valence electrons. The van der Waals surface area contributed by atoms with E-state index in [2.05, 4.69) is 5.32 Å². The third-order valence-corrected chi connectivity index (χ3v) is 5.99. The molecule has 0 saturated carbocycles. The lowest BCUT2D eigenvalue weighted by molar-refractivity contribution is -0.133. The molecule has 2 amide bonds. The van der Waals surface area contributed by atoms with E-state index >= 15 is 0 Å². The topological polar surface area (TPSA) is 67.9 Å². The first-order chi connectivity index (χ1) is 15.0. The van der Waals surface area contributed by atoms with Crippen LogP contribution in [0.3, 0.4) is 0 Å². The number of carbonyl (C=O) groups excluding carboxylic acids is 2. The smallest absolute Gasteiger partial charge is 0.246 e. The number of nitrogens with one attached hydrogen (secondary N) is 1. The minimum Gasteiger partial charge on any atom is -0.495 e. The highest BCUT2D eigenvalue weighted by atomic mass is 35.5. The largest absolute Gasteiger partial charge is 0.495 e. The van der Waals surface area contributed by atoms with Crippen molar-refractivity contribution in [1.29, 1.82) is 0 Å². The van der Waals surface area contributed by atoms with Crippen molar-refractivity contribution in [3.63, 3.8) is 0 Å². The molecular formula is C23H26Cl2N2O4. The SMILES string of the molecule is COc1ccc(N(C(=O)CCl)C2(C(=O)NCCc3ccccc3)CCOCC2)cc1Cl. The van der Waals surface area contributed by atoms with Gasteiger partial charge in [-0.15, -0.1) is 11.6 Å². The molecule has 2 aromatic carbocycles. The lowest BCUT2D eigenvalue weighted by Gasteiger charge is -2.44. The van der Waals surface area contributed by atoms with Gasteiger partial charge in [0.25, 0.3) is 0 Å². The molecule has 8 heteroatoms. The van der Waals surface area contributed by atoms with Crippen LogP contribution in [0, 0.1) is 0 Å². The summed E-state index contributed by atoms with van der Waals surface area (Å²) in [5.41, 5.74) is 0.509. The summed E-state index contributed by atoms with van der Waals surface area (Å²) in [6.45, 7) is 1.18. The summed E-state index contributed by atoms with van der Waals surface area (Å²) in [6, 6.07) is 14.9. The molecular weight excluding hydrogens is 439 g/mol. The summed E-state index contributed by atoms with van der Waals surface area (Å²) in [6.07, 6.45) is 1.41. The maximum atomic E-state index is 13.5. The molecule has 1 fully saturated rings. The number of hydrogen-bond acceptors (Lipinski definition) is 4. The van der Waals surface area contributed by atoms with Crippen molar-refractivity contribution < 1.29 is 19.1 Å². The maximum absolute atomic E-state index is 13.5. The maximum Gasteiger partial charge on any atom is 0.246 e. The molecule has 2 aromatic rings. The Morgan fingerprint density at radius 3 is 2.48 bits per heavy atom. The van der Waals surface area contributed by atoms with Crippen molar-refractivity contribution in [3.05, 3.63) is 59.1 Å². The van der Waals surface area contributed by atoms with Gasteiger partial charge in [0.2, 0.25) is 11.8 Å². The molecule has 1 aliphatic heterocycles. The minimum absolute atomic E-state index is 0.225. The van der Waals surface area contributed by atoms with Gasteiger partial charge in [0.05, 0.1) is 12.1 Å². The summed E-state index contributed by atoms with van der Waals surface area (Å²) in [5.74, 6) is -0.374. The quantitative estimate of drug-likeness (QED) is 0.602. The predicted molar refractivity (Wildman–Crippen MR) is 122 cm³/mol. The van der Waals surface area contributed by atoms with Crippen LogP contribution in [0.25, 0.3) is 0 Å². The van der Waals surface area contributed by atoms with Crippen LogP contribution >= 0.6 is 23.2 Å². The average molecular weight is 465 g/mol. The molecule has 0 aromatic heterocycles. The number of nitrogens with zero attached hydrogens (tertiary/aromatic N) is 1. The van der Waals surface area contributed by atoms with Gasteiger partial charge in [-0.05, 0) is 30.2 Å². The van der Waals surface area contributed by atoms with Gasteiger partial charge in [0.1, 0.15) is 17.2 Å². The molecule has 6 nitrogen and oxygen atoms in total. The van der Waals surface area contributed by atoms with E-state index in [-0.39, 0.29) is 17.7 Å². The summed E-state index contributed by atoms with van der Waals surface area (Å²) in [5, 5.41) is 3.37. The summed E-state index contributed by atoms with van der Waals surface area (Å²) in [7, 11) is 1.52. The summed E-state index contributed by atoms with van der Waals surface area (Å²) >= 11 is 12.3. The molecule has 0 radical (unpaired) electrons. The molecule has 1 N–H and O–H groups in total. The van der Waals surface area contributed by atoms with Gasteiger partial charge < -0.3 is 14.8 Å². The van der Waals surface area contributed by atoms with Gasteiger partial charge in [-0.1, -0.05) is 41.9 Å². The molecule has 0 unspecified atom stereocenters. The number of methoxy groups -OCH3 is 1. The van der Waals surface area contributed by atoms with Crippen molar-refractivity contribution in [1.82, 2.24) is 5.32 Å². The van der Waals surface area contributed by atoms with Gasteiger partial charge in [0, 0.05) is 38.3 Å². The number of alkyl halides is 1. The third kappa shape index (κ3) is 5.32. The van der Waals surface area contributed by atoms with Crippen LogP contribution in [0.5, 0.6) is 5.75 Å². The van der Waals surface area contributed by atoms with Gasteiger partial charge in [0.15, 0.2) is 0 Å². The Labute approximate surface area is 192 Å². The number of ether oxygens (including phenoxy) is 2. The number of hydrogen-bond donors (Lipinski definition) is 1. The van der Waals surface area contributed by atoms with Crippen molar-refractivity contribution in [2.45, 2.75) is 24.8 Å². The second kappa shape index (κ2) is 10.8. The summed E-state index contributed by atoms with van der Waals surface area (Å²) in [4.78, 5) is 28.0. The first-order valence-electron chi connectivity index (χ1n) is 10.1. The highest BCUT2D eigenvalue weighted by Crippen LogP contribution is 2.37. The fraction of sp³-hybridized carbons (Fsp3) is 0.391. The van der Waals surface area contributed by atoms with Gasteiger partial charge in [-0.25, -0.2) is 0 Å². The Hall–Kier alpha value is -2.28. The van der Waals surface area contributed by atoms with Gasteiger partial charge >= 0.3 is 0 Å². The van der Waals surface area contributed by atoms with Crippen LogP contribution < -0.4 is 15.0 Å². The molecule has 3 rings (SSSR count). The lowest BCUT2D eigenvalue weighted by Crippen LogP contribution is -2.64. The number of halogens is 2. The van der Waals surface area contributed by atoms with Crippen LogP contribution in [0.15, 0.2) is 48.5 Å². The fourth-order valence-electron chi connectivity index (χ4n) is 3.87. The summed E-state index contributed by atoms with van der Waals surface area (Å²) < 4.78 is 10.7. The second-order valence-electron chi connectivity index (χ2n) is 7.32. The van der Waals surface area contributed by atoms with Crippen molar-refractivity contribution >= 4 is 40.7 Å². The van der Waals surface area contributed by atoms with Crippen LogP contribution in [0.2, 0.25) is 5.02 Å². The molecule has 0 bridgehead atoms. The highest BCUT2D eigenvalue weighted by Gasteiger charge is 2.48. The highest BCUT2D eigenvalue weighted by molar-refractivity contribution is 6.33. The molecule has 0 aliphatic carbocycles. The first-order valence-corrected chi connectivity index (χ1v) is 11.1. The normalized spacial score (nSPS) is 15.2. The van der Waals surface area contributed by atoms with E-state index in [9.17, 15) is 9.59 Å². The van der Waals surface area contributed by atoms with Crippen molar-refractivity contribution in [2.24, 2.45) is 0 Å². The van der Waals surface area contributed by atoms with Crippen molar-refractivity contribution in [2.75, 3.05) is 37.6 Å². The van der Waals surface area contributed by atoms with E-state index in [1.54, 1.807) is 18.2 Å². The number of anilines is 1. The zero-order chi connectivity index (χ0) is 22.3. The van der Waals surface area contributed by atoms with E-state index < -0.39 is 5.54 Å². The Kier molecular flexibility index (Phi) is 8.18. The second-order valence-corrected chi connectivity index (χ2v) is 7.99. The lowest BCUT2D eigenvalue weighted by atomic mass is 9.85. The van der Waals surface area contributed by atoms with Gasteiger partial charge in [-0.2, -0.15) is 0 Å². The number of amides is 2. The molecule has 0 spiro atoms. The van der Waals surface area contributed by atoms with E-state index in [4.69, 9.17) is 32.7 Å². The number of benzene rings is 2. The van der Waals surface area contributed by atoms with E-state index in [1.165, 1.54) is 12.0 Å². The van der Waals surface area contributed by atoms with Crippen LogP contribution in [-0.2, 0) is 20.7 Å². The van der Waals surface area contributed by atoms with Crippen LogP contribution in [-0.4, -0.2) is 50.1 Å². The molecule has 0 atom stereocenters. The van der Waals surface area contributed by atoms with E-state index in [1.807, 2.05) is 30.3 Å². The Morgan fingerprint density at radius 2 is 1.87 bits per heavy atom. The molecule has 31 heavy (non-hydrogen) atoms. The fourth-order valence-corrected chi connectivity index (χ4v) is 4.25. The predicted octanol–water partition coefficient (Wildman–Crippen LogP) is 3.83. The number of carbonyl (C=O) groups is 2. The zero-order valence-electron chi connectivity index (χ0n) is 17.4. The zero-order valence-corrected chi connectivity index (χ0v) is 18.9. The first kappa shape index (κ1) is 23.4. The Morgan fingerprint density at radius 1 is 1.16 bits per heavy atom. The Bertz CT molecular complexity index is 902. The van der Waals surface area contributed by atoms with Gasteiger partial charge in [-0.3, -0.25) is 14.5 Å². The van der Waals surface area contributed by atoms with E-state index in [0.717, 1.165) is 5.56 Å². The number of rotatable bonds is 8. The average Bonchev–Trinajstić information content (AvgIpc) is 2.80. The van der Waals surface area contributed by atoms with Crippen LogP contribution in [0.4, 0.5) is 5.69 Å². The third-order valence-electron chi connectivity index (χ3n) is 5.47. The van der Waals surface area contributed by atoms with E-state index in [0.29, 0.717) is 55.5 Å². The standard InChI is InChI=1S/C23H26Cl2N2O4/c1-30-20-8-7-18(15-19(20)25)27(21(28)16-24)23(10-13-31-14-11-23)22(29)26-12-9-17-5-3-2-4-6-17/h2-8,15H,9-14,16H2,1H3,(H,26,29). The van der Waals surface area contributed by atoms with Crippen LogP contribution in [0.1, 0.15) is 18.4 Å². The molecule has 1 aliphatic rings. The Balaban J connectivity index is 1.89. The molecule has 1 heterocycles. The molecule has 1 saturated heterocycles. The minimum atomic E-state index is -1.11.